The van der Waals surface area contributed by atoms with Gasteiger partial charge in [0.25, 0.3) is 5.69 Å². The highest BCUT2D eigenvalue weighted by Gasteiger charge is 2.18. The van der Waals surface area contributed by atoms with E-state index in [-0.39, 0.29) is 11.6 Å². The molecular formula is C22H22N2O5. The van der Waals surface area contributed by atoms with Crippen LogP contribution in [0.5, 0.6) is 5.75 Å². The zero-order valence-corrected chi connectivity index (χ0v) is 17.0. The molecule has 7 heteroatoms. The second kappa shape index (κ2) is 7.79. The van der Waals surface area contributed by atoms with Gasteiger partial charge in [-0.15, -0.1) is 0 Å². The minimum Gasteiger partial charge on any atom is -0.496 e. The molecule has 0 unspecified atom stereocenters. The molecule has 3 rings (SSSR count). The molecule has 150 valence electrons. The van der Waals surface area contributed by atoms with E-state index < -0.39 is 4.92 Å². The number of nitrogens with zero attached hydrogens (tertiary/aromatic N) is 1. The van der Waals surface area contributed by atoms with Gasteiger partial charge in [0, 0.05) is 40.4 Å². The minimum atomic E-state index is -0.505. The summed E-state index contributed by atoms with van der Waals surface area (Å²) in [5.74, 6) is 1.10. The Bertz CT molecular complexity index is 1160. The number of benzene rings is 2. The van der Waals surface area contributed by atoms with Crippen molar-refractivity contribution in [1.82, 2.24) is 0 Å². The largest absolute Gasteiger partial charge is 0.496 e. The van der Waals surface area contributed by atoms with Crippen LogP contribution in [0.1, 0.15) is 29.4 Å². The van der Waals surface area contributed by atoms with Crippen LogP contribution in [0.4, 0.5) is 11.4 Å². The number of carbonyl (C=O) groups is 1. The molecule has 0 saturated carbocycles. The molecule has 29 heavy (non-hydrogen) atoms. The average Bonchev–Trinajstić information content (AvgIpc) is 2.96. The van der Waals surface area contributed by atoms with Gasteiger partial charge in [-0.3, -0.25) is 14.9 Å². The van der Waals surface area contributed by atoms with Gasteiger partial charge >= 0.3 is 0 Å². The summed E-state index contributed by atoms with van der Waals surface area (Å²) in [7, 11) is 1.58. The number of methoxy groups -OCH3 is 1. The number of allylic oxidation sites excluding steroid dienone is 1. The Hall–Kier alpha value is -3.61. The lowest BCUT2D eigenvalue weighted by Crippen LogP contribution is -2.09. The molecule has 0 aliphatic carbocycles. The Morgan fingerprint density at radius 2 is 1.93 bits per heavy atom. The Labute approximate surface area is 168 Å². The molecule has 1 aromatic heterocycles. The molecule has 0 aliphatic heterocycles. The molecule has 1 amide bonds. The van der Waals surface area contributed by atoms with Gasteiger partial charge in [-0.05, 0) is 51.0 Å². The molecule has 0 saturated heterocycles. The first-order chi connectivity index (χ1) is 13.7. The van der Waals surface area contributed by atoms with Crippen LogP contribution in [0.3, 0.4) is 0 Å². The van der Waals surface area contributed by atoms with Gasteiger partial charge in [0.2, 0.25) is 5.91 Å². The zero-order valence-electron chi connectivity index (χ0n) is 17.0. The normalized spacial score (nSPS) is 11.6. The molecule has 0 fully saturated rings. The number of hydrogen-bond acceptors (Lipinski definition) is 5. The molecule has 0 atom stereocenters. The fourth-order valence-corrected chi connectivity index (χ4v) is 3.32. The highest BCUT2D eigenvalue weighted by molar-refractivity contribution is 6.05. The maximum absolute atomic E-state index is 12.5. The number of furan rings is 1. The average molecular weight is 394 g/mol. The van der Waals surface area contributed by atoms with Gasteiger partial charge in [0.05, 0.1) is 12.0 Å². The number of ether oxygens (including phenoxy) is 1. The maximum atomic E-state index is 12.5. The molecular weight excluding hydrogens is 372 g/mol. The highest BCUT2D eigenvalue weighted by Crippen LogP contribution is 2.38. The topological polar surface area (TPSA) is 94.6 Å². The van der Waals surface area contributed by atoms with Gasteiger partial charge in [-0.25, -0.2) is 0 Å². The lowest BCUT2D eigenvalue weighted by Gasteiger charge is -2.13. The van der Waals surface area contributed by atoms with Crippen LogP contribution < -0.4 is 10.1 Å². The number of amides is 1. The van der Waals surface area contributed by atoms with Crippen LogP contribution in [0, 0.1) is 30.9 Å². The number of hydrogen-bond donors (Lipinski definition) is 1. The first kappa shape index (κ1) is 20.1. The summed E-state index contributed by atoms with van der Waals surface area (Å²) in [6.45, 7) is 7.64. The van der Waals surface area contributed by atoms with E-state index in [2.05, 4.69) is 5.32 Å². The van der Waals surface area contributed by atoms with Crippen molar-refractivity contribution in [2.75, 3.05) is 12.4 Å². The van der Waals surface area contributed by atoms with E-state index in [4.69, 9.17) is 9.15 Å². The van der Waals surface area contributed by atoms with Crippen LogP contribution in [-0.2, 0) is 4.79 Å². The van der Waals surface area contributed by atoms with Gasteiger partial charge < -0.3 is 14.5 Å². The van der Waals surface area contributed by atoms with Crippen LogP contribution in [0.15, 0.2) is 40.8 Å². The summed E-state index contributed by atoms with van der Waals surface area (Å²) in [6.07, 6.45) is 1.45. The van der Waals surface area contributed by atoms with Crippen molar-refractivity contribution in [1.29, 1.82) is 0 Å². The number of carbonyl (C=O) groups excluding carboxylic acids is 1. The van der Waals surface area contributed by atoms with Gasteiger partial charge in [0.1, 0.15) is 17.1 Å². The van der Waals surface area contributed by atoms with E-state index >= 15 is 0 Å². The predicted molar refractivity (Wildman–Crippen MR) is 112 cm³/mol. The SMILES string of the molecule is COc1c(/C(C)=C/C(=O)Nc2cccc([N+](=O)[O-])c2)cc2c(C)c(C)oc2c1C. The smallest absolute Gasteiger partial charge is 0.271 e. The van der Waals surface area contributed by atoms with Crippen molar-refractivity contribution >= 4 is 33.8 Å². The Kier molecular flexibility index (Phi) is 5.41. The van der Waals surface area contributed by atoms with E-state index in [1.807, 2.05) is 33.8 Å². The van der Waals surface area contributed by atoms with E-state index in [0.29, 0.717) is 17.0 Å². The Morgan fingerprint density at radius 3 is 2.59 bits per heavy atom. The Balaban J connectivity index is 1.97. The minimum absolute atomic E-state index is 0.0861. The van der Waals surface area contributed by atoms with Crippen LogP contribution in [0.2, 0.25) is 0 Å². The zero-order chi connectivity index (χ0) is 21.3. The number of nitrogens with one attached hydrogen (secondary N) is 1. The second-order valence-electron chi connectivity index (χ2n) is 6.87. The summed E-state index contributed by atoms with van der Waals surface area (Å²) < 4.78 is 11.5. The summed E-state index contributed by atoms with van der Waals surface area (Å²) in [4.78, 5) is 22.9. The fourth-order valence-electron chi connectivity index (χ4n) is 3.32. The fraction of sp³-hybridized carbons (Fsp3) is 0.227. The van der Waals surface area contributed by atoms with Crippen molar-refractivity contribution in [3.8, 4) is 5.75 Å². The van der Waals surface area contributed by atoms with Crippen molar-refractivity contribution in [2.24, 2.45) is 0 Å². The standard InChI is InChI=1S/C22H22N2O5/c1-12(9-20(25)23-16-7-6-8-17(10-16)24(26)27)18-11-19-13(2)15(4)29-22(19)14(3)21(18)28-5/h6-11H,1-5H3,(H,23,25)/b12-9+. The highest BCUT2D eigenvalue weighted by atomic mass is 16.6. The van der Waals surface area contributed by atoms with Crippen molar-refractivity contribution in [2.45, 2.75) is 27.7 Å². The molecule has 1 N–H and O–H groups in total. The predicted octanol–water partition coefficient (Wildman–Crippen LogP) is 5.32. The summed E-state index contributed by atoms with van der Waals surface area (Å²) in [6, 6.07) is 7.76. The maximum Gasteiger partial charge on any atom is 0.271 e. The molecule has 2 aromatic carbocycles. The molecule has 0 bridgehead atoms. The lowest BCUT2D eigenvalue weighted by molar-refractivity contribution is -0.384. The molecule has 0 spiro atoms. The molecule has 7 nitrogen and oxygen atoms in total. The van der Waals surface area contributed by atoms with E-state index in [0.717, 1.165) is 33.4 Å². The van der Waals surface area contributed by atoms with Gasteiger partial charge in [-0.1, -0.05) is 6.07 Å². The number of non-ortho nitro benzene ring substituents is 1. The molecule has 3 aromatic rings. The van der Waals surface area contributed by atoms with Crippen LogP contribution in [-0.4, -0.2) is 17.9 Å². The van der Waals surface area contributed by atoms with Crippen molar-refractivity contribution in [3.05, 3.63) is 69.0 Å². The van der Waals surface area contributed by atoms with Crippen LogP contribution in [0.25, 0.3) is 16.5 Å². The van der Waals surface area contributed by atoms with Gasteiger partial charge in [0.15, 0.2) is 0 Å². The van der Waals surface area contributed by atoms with Crippen molar-refractivity contribution < 1.29 is 18.9 Å². The van der Waals surface area contributed by atoms with Crippen molar-refractivity contribution in [3.63, 3.8) is 0 Å². The number of anilines is 1. The number of fused-ring (bicyclic) bond motifs is 1. The summed E-state index contributed by atoms with van der Waals surface area (Å²) >= 11 is 0. The number of aryl methyl sites for hydroxylation is 3. The third-order valence-electron chi connectivity index (χ3n) is 4.95. The third-order valence-corrected chi connectivity index (χ3v) is 4.95. The quantitative estimate of drug-likeness (QED) is 0.359. The van der Waals surface area contributed by atoms with E-state index in [1.54, 1.807) is 13.2 Å². The number of rotatable bonds is 5. The third kappa shape index (κ3) is 3.85. The monoisotopic (exact) mass is 394 g/mol. The first-order valence-corrected chi connectivity index (χ1v) is 9.04. The number of nitro groups is 1. The Morgan fingerprint density at radius 1 is 1.21 bits per heavy atom. The van der Waals surface area contributed by atoms with E-state index in [1.165, 1.54) is 24.3 Å². The number of nitro benzene ring substituents is 1. The first-order valence-electron chi connectivity index (χ1n) is 9.04. The molecule has 0 aliphatic rings. The second-order valence-corrected chi connectivity index (χ2v) is 6.87. The molecule has 1 heterocycles. The van der Waals surface area contributed by atoms with E-state index in [9.17, 15) is 14.9 Å². The lowest BCUT2D eigenvalue weighted by atomic mass is 9.98. The summed E-state index contributed by atoms with van der Waals surface area (Å²) in [5.41, 5.74) is 4.44. The molecule has 0 radical (unpaired) electrons. The summed E-state index contributed by atoms with van der Waals surface area (Å²) in [5, 5.41) is 14.5. The van der Waals surface area contributed by atoms with Gasteiger partial charge in [-0.2, -0.15) is 0 Å². The van der Waals surface area contributed by atoms with Crippen LogP contribution >= 0.6 is 0 Å².